The van der Waals surface area contributed by atoms with Crippen molar-refractivity contribution in [2.45, 2.75) is 30.6 Å². The molecule has 0 aliphatic heterocycles. The molecule has 1 unspecified atom stereocenters. The highest BCUT2D eigenvalue weighted by atomic mass is 32.2. The van der Waals surface area contributed by atoms with Crippen molar-refractivity contribution in [3.8, 4) is 0 Å². The minimum atomic E-state index is -3.54. The molecule has 7 nitrogen and oxygen atoms in total. The molecule has 0 saturated heterocycles. The van der Waals surface area contributed by atoms with E-state index in [0.717, 1.165) is 12.1 Å². The zero-order valence-corrected chi connectivity index (χ0v) is 12.9. The first kappa shape index (κ1) is 15.1. The molecule has 0 bridgehead atoms. The third kappa shape index (κ3) is 3.63. The van der Waals surface area contributed by atoms with Gasteiger partial charge in [-0.15, -0.1) is 11.3 Å². The lowest BCUT2D eigenvalue weighted by Gasteiger charge is -2.10. The molecule has 0 aromatic carbocycles. The van der Waals surface area contributed by atoms with Gasteiger partial charge in [-0.1, -0.05) is 6.92 Å². The Kier molecular flexibility index (Phi) is 4.86. The molecule has 3 N–H and O–H groups in total. The Morgan fingerprint density at radius 2 is 2.30 bits per heavy atom. The summed E-state index contributed by atoms with van der Waals surface area (Å²) in [7, 11) is -3.54. The van der Waals surface area contributed by atoms with E-state index in [0.29, 0.717) is 16.6 Å². The highest BCUT2D eigenvalue weighted by Crippen LogP contribution is 2.21. The van der Waals surface area contributed by atoms with E-state index in [1.165, 1.54) is 17.7 Å². The molecular weight excluding hydrogens is 298 g/mol. The summed E-state index contributed by atoms with van der Waals surface area (Å²) in [6, 6.07) is 1.23. The minimum absolute atomic E-state index is 0.303. The van der Waals surface area contributed by atoms with E-state index in [-0.39, 0.29) is 0 Å². The topological polar surface area (TPSA) is 99.8 Å². The fourth-order valence-electron chi connectivity index (χ4n) is 1.63. The standard InChI is InChI=1S/C11H17N5O2S2/c1-3-12-5-9-4-10(19-6-9)20(17,18)16-8(2)11-13-7-14-15-11/h4,6-8,12,16H,3,5H2,1-2H3,(H,13,14,15). The average molecular weight is 315 g/mol. The molecule has 2 heterocycles. The van der Waals surface area contributed by atoms with Gasteiger partial charge in [-0.05, 0) is 30.5 Å². The molecule has 110 valence electrons. The summed E-state index contributed by atoms with van der Waals surface area (Å²) in [5.74, 6) is 0.484. The van der Waals surface area contributed by atoms with Crippen LogP contribution in [-0.2, 0) is 16.6 Å². The number of aromatic nitrogens is 3. The second kappa shape index (κ2) is 6.44. The van der Waals surface area contributed by atoms with Crippen LogP contribution in [0.5, 0.6) is 0 Å². The largest absolute Gasteiger partial charge is 0.313 e. The Bertz CT molecular complexity index is 636. The van der Waals surface area contributed by atoms with Crippen LogP contribution in [-0.4, -0.2) is 30.1 Å². The van der Waals surface area contributed by atoms with Crippen molar-refractivity contribution in [3.05, 3.63) is 29.2 Å². The molecule has 0 amide bonds. The number of aromatic amines is 1. The van der Waals surface area contributed by atoms with Crippen molar-refractivity contribution in [3.63, 3.8) is 0 Å². The molecule has 20 heavy (non-hydrogen) atoms. The zero-order chi connectivity index (χ0) is 14.6. The first-order valence-electron chi connectivity index (χ1n) is 6.18. The van der Waals surface area contributed by atoms with E-state index in [4.69, 9.17) is 0 Å². The molecule has 0 radical (unpaired) electrons. The Balaban J connectivity index is 2.08. The molecule has 0 aliphatic carbocycles. The van der Waals surface area contributed by atoms with E-state index in [1.807, 2.05) is 12.3 Å². The van der Waals surface area contributed by atoms with Crippen LogP contribution >= 0.6 is 11.3 Å². The molecule has 0 fully saturated rings. The van der Waals surface area contributed by atoms with Crippen LogP contribution in [0.2, 0.25) is 0 Å². The minimum Gasteiger partial charge on any atom is -0.313 e. The third-order valence-electron chi connectivity index (χ3n) is 2.65. The summed E-state index contributed by atoms with van der Waals surface area (Å²) in [5.41, 5.74) is 0.963. The van der Waals surface area contributed by atoms with Gasteiger partial charge < -0.3 is 5.32 Å². The van der Waals surface area contributed by atoms with E-state index in [9.17, 15) is 8.42 Å². The number of hydrogen-bond acceptors (Lipinski definition) is 6. The maximum Gasteiger partial charge on any atom is 0.250 e. The van der Waals surface area contributed by atoms with Gasteiger partial charge in [0, 0.05) is 6.54 Å². The van der Waals surface area contributed by atoms with Crippen LogP contribution in [0.15, 0.2) is 22.0 Å². The summed E-state index contributed by atoms with van der Waals surface area (Å²) in [6.07, 6.45) is 1.35. The number of H-pyrrole nitrogens is 1. The van der Waals surface area contributed by atoms with Crippen molar-refractivity contribution in [2.24, 2.45) is 0 Å². The summed E-state index contributed by atoms with van der Waals surface area (Å²) >= 11 is 1.21. The highest BCUT2D eigenvalue weighted by Gasteiger charge is 2.21. The quantitative estimate of drug-likeness (QED) is 0.708. The van der Waals surface area contributed by atoms with Crippen LogP contribution in [0.1, 0.15) is 31.3 Å². The summed E-state index contributed by atoms with van der Waals surface area (Å²) < 4.78 is 27.4. The molecule has 9 heteroatoms. The summed E-state index contributed by atoms with van der Waals surface area (Å²) in [6.45, 7) is 5.23. The first-order valence-corrected chi connectivity index (χ1v) is 8.55. The van der Waals surface area contributed by atoms with Crippen molar-refractivity contribution >= 4 is 21.4 Å². The number of sulfonamides is 1. The van der Waals surface area contributed by atoms with Gasteiger partial charge in [-0.2, -0.15) is 5.10 Å². The van der Waals surface area contributed by atoms with E-state index < -0.39 is 16.1 Å². The monoisotopic (exact) mass is 315 g/mol. The molecule has 2 aromatic rings. The number of nitrogens with zero attached hydrogens (tertiary/aromatic N) is 2. The average Bonchev–Trinajstić information content (AvgIpc) is 3.07. The molecule has 2 aromatic heterocycles. The normalized spacial score (nSPS) is 13.5. The maximum absolute atomic E-state index is 12.2. The Morgan fingerprint density at radius 1 is 1.50 bits per heavy atom. The van der Waals surface area contributed by atoms with E-state index >= 15 is 0 Å². The van der Waals surface area contributed by atoms with Crippen LogP contribution in [0.3, 0.4) is 0 Å². The third-order valence-corrected chi connectivity index (χ3v) is 5.68. The zero-order valence-electron chi connectivity index (χ0n) is 11.3. The first-order chi connectivity index (χ1) is 9.53. The lowest BCUT2D eigenvalue weighted by Crippen LogP contribution is -2.27. The SMILES string of the molecule is CCNCc1csc(S(=O)(=O)NC(C)c2ncn[nH]2)c1. The number of nitrogens with one attached hydrogen (secondary N) is 3. The number of rotatable bonds is 7. The van der Waals surface area contributed by atoms with Gasteiger partial charge in [-0.25, -0.2) is 18.1 Å². The Morgan fingerprint density at radius 3 is 2.95 bits per heavy atom. The fraction of sp³-hybridized carbons (Fsp3) is 0.455. The van der Waals surface area contributed by atoms with Crippen LogP contribution in [0.25, 0.3) is 0 Å². The molecule has 0 spiro atoms. The molecule has 0 saturated carbocycles. The van der Waals surface area contributed by atoms with Crippen LogP contribution < -0.4 is 10.0 Å². The molecule has 0 aliphatic rings. The van der Waals surface area contributed by atoms with Crippen molar-refractivity contribution in [1.29, 1.82) is 0 Å². The second-order valence-electron chi connectivity index (χ2n) is 4.27. The predicted molar refractivity (Wildman–Crippen MR) is 76.8 cm³/mol. The Labute approximate surface area is 121 Å². The number of hydrogen-bond donors (Lipinski definition) is 3. The summed E-state index contributed by atoms with van der Waals surface area (Å²) in [4.78, 5) is 3.94. The molecule has 1 atom stereocenters. The Hall–Kier alpha value is -1.29. The van der Waals surface area contributed by atoms with Crippen molar-refractivity contribution in [2.75, 3.05) is 6.54 Å². The van der Waals surface area contributed by atoms with Gasteiger partial charge in [0.15, 0.2) is 0 Å². The fourth-order valence-corrected chi connectivity index (χ4v) is 4.06. The molecular formula is C11H17N5O2S2. The smallest absolute Gasteiger partial charge is 0.250 e. The van der Waals surface area contributed by atoms with Crippen LogP contribution in [0, 0.1) is 0 Å². The van der Waals surface area contributed by atoms with Crippen molar-refractivity contribution < 1.29 is 8.42 Å². The predicted octanol–water partition coefficient (Wildman–Crippen LogP) is 1.02. The lowest BCUT2D eigenvalue weighted by atomic mass is 10.3. The second-order valence-corrected chi connectivity index (χ2v) is 7.12. The number of thiophene rings is 1. The van der Waals surface area contributed by atoms with E-state index in [1.54, 1.807) is 13.0 Å². The van der Waals surface area contributed by atoms with Gasteiger partial charge in [0.1, 0.15) is 16.4 Å². The summed E-state index contributed by atoms with van der Waals surface area (Å²) in [5, 5.41) is 11.4. The van der Waals surface area contributed by atoms with Gasteiger partial charge in [0.25, 0.3) is 10.0 Å². The van der Waals surface area contributed by atoms with Gasteiger partial charge in [-0.3, -0.25) is 5.10 Å². The maximum atomic E-state index is 12.2. The van der Waals surface area contributed by atoms with Gasteiger partial charge >= 0.3 is 0 Å². The van der Waals surface area contributed by atoms with Gasteiger partial charge in [0.2, 0.25) is 0 Å². The van der Waals surface area contributed by atoms with Gasteiger partial charge in [0.05, 0.1) is 6.04 Å². The van der Waals surface area contributed by atoms with E-state index in [2.05, 4.69) is 25.2 Å². The highest BCUT2D eigenvalue weighted by molar-refractivity contribution is 7.91. The lowest BCUT2D eigenvalue weighted by molar-refractivity contribution is 0.562. The van der Waals surface area contributed by atoms with Crippen LogP contribution in [0.4, 0.5) is 0 Å². The van der Waals surface area contributed by atoms with Crippen molar-refractivity contribution in [1.82, 2.24) is 25.2 Å². The molecule has 2 rings (SSSR count).